The second-order valence-corrected chi connectivity index (χ2v) is 7.50. The van der Waals surface area contributed by atoms with Crippen LogP contribution in [0, 0.1) is 23.7 Å². The lowest BCUT2D eigenvalue weighted by Gasteiger charge is -2.25. The second-order valence-electron chi connectivity index (χ2n) is 7.07. The molecule has 0 atom stereocenters. The largest absolute Gasteiger partial charge is 0.255 e. The molecule has 0 bridgehead atoms. The Morgan fingerprint density at radius 3 is 2.44 bits per heavy atom. The Hall–Kier alpha value is -1.78. The first-order chi connectivity index (χ1) is 12.2. The number of halogens is 1. The Kier molecular flexibility index (Phi) is 6.54. The molecule has 2 aromatic rings. The van der Waals surface area contributed by atoms with Gasteiger partial charge in [-0.3, -0.25) is 4.98 Å². The summed E-state index contributed by atoms with van der Waals surface area (Å²) in [6, 6.07) is 11.9. The van der Waals surface area contributed by atoms with E-state index in [2.05, 4.69) is 29.8 Å². The van der Waals surface area contributed by atoms with Gasteiger partial charge >= 0.3 is 0 Å². The van der Waals surface area contributed by atoms with Gasteiger partial charge in [-0.05, 0) is 55.9 Å². The molecule has 1 aliphatic rings. The summed E-state index contributed by atoms with van der Waals surface area (Å²) in [4.78, 5) is 4.54. The maximum Gasteiger partial charge on any atom is 0.0702 e. The molecule has 0 amide bonds. The molecule has 1 aromatic heterocycles. The zero-order valence-corrected chi connectivity index (χ0v) is 15.7. The van der Waals surface area contributed by atoms with Gasteiger partial charge in [-0.25, -0.2) is 0 Å². The first-order valence-electron chi connectivity index (χ1n) is 9.48. The Morgan fingerprint density at radius 1 is 1.04 bits per heavy atom. The normalized spacial score (nSPS) is 19.9. The molecule has 0 aliphatic heterocycles. The third-order valence-electron chi connectivity index (χ3n) is 5.14. The van der Waals surface area contributed by atoms with Gasteiger partial charge in [0.1, 0.15) is 0 Å². The highest BCUT2D eigenvalue weighted by molar-refractivity contribution is 6.30. The van der Waals surface area contributed by atoms with Crippen molar-refractivity contribution in [3.63, 3.8) is 0 Å². The molecule has 3 rings (SSSR count). The highest BCUT2D eigenvalue weighted by atomic mass is 35.5. The lowest BCUT2D eigenvalue weighted by Crippen LogP contribution is -2.13. The molecule has 130 valence electrons. The predicted octanol–water partition coefficient (Wildman–Crippen LogP) is 6.75. The van der Waals surface area contributed by atoms with Crippen LogP contribution in [0.25, 0.3) is 11.3 Å². The standard InChI is InChI=1S/C23H26ClN/c1-2-3-4-18-5-7-19(8-6-18)9-10-20-11-16-23(25-17-20)21-12-14-22(24)15-13-21/h11-19H,2-8H2,1H3/t18-,19-. The number of hydrogen-bond donors (Lipinski definition) is 0. The summed E-state index contributed by atoms with van der Waals surface area (Å²) in [6.07, 6.45) is 11.2. The van der Waals surface area contributed by atoms with Crippen molar-refractivity contribution in [3.05, 3.63) is 53.2 Å². The van der Waals surface area contributed by atoms with Gasteiger partial charge in [0, 0.05) is 28.3 Å². The van der Waals surface area contributed by atoms with Crippen LogP contribution in [0.4, 0.5) is 0 Å². The van der Waals surface area contributed by atoms with Crippen LogP contribution in [0.1, 0.15) is 57.4 Å². The third kappa shape index (κ3) is 5.35. The van der Waals surface area contributed by atoms with E-state index in [0.717, 1.165) is 27.8 Å². The van der Waals surface area contributed by atoms with Crippen molar-refractivity contribution in [3.8, 4) is 23.1 Å². The first-order valence-corrected chi connectivity index (χ1v) is 9.86. The summed E-state index contributed by atoms with van der Waals surface area (Å²) in [6.45, 7) is 2.28. The van der Waals surface area contributed by atoms with Crippen LogP contribution in [0.5, 0.6) is 0 Å². The van der Waals surface area contributed by atoms with Crippen LogP contribution >= 0.6 is 11.6 Å². The molecule has 0 unspecified atom stereocenters. The zero-order chi connectivity index (χ0) is 17.5. The molecule has 25 heavy (non-hydrogen) atoms. The molecule has 0 saturated heterocycles. The van der Waals surface area contributed by atoms with Gasteiger partial charge in [0.05, 0.1) is 5.69 Å². The van der Waals surface area contributed by atoms with E-state index in [1.54, 1.807) is 0 Å². The smallest absolute Gasteiger partial charge is 0.0702 e. The summed E-state index contributed by atoms with van der Waals surface area (Å²) in [5.41, 5.74) is 3.04. The first kappa shape index (κ1) is 18.0. The molecule has 0 radical (unpaired) electrons. The molecule has 2 heteroatoms. The minimum absolute atomic E-state index is 0.564. The molecular formula is C23H26ClN. The quantitative estimate of drug-likeness (QED) is 0.555. The minimum atomic E-state index is 0.564. The average Bonchev–Trinajstić information content (AvgIpc) is 2.67. The molecule has 1 nitrogen and oxygen atoms in total. The highest BCUT2D eigenvalue weighted by Crippen LogP contribution is 2.31. The van der Waals surface area contributed by atoms with Crippen molar-refractivity contribution in [2.45, 2.75) is 51.9 Å². The molecule has 1 aromatic carbocycles. The van der Waals surface area contributed by atoms with Crippen molar-refractivity contribution < 1.29 is 0 Å². The highest BCUT2D eigenvalue weighted by Gasteiger charge is 2.19. The number of aromatic nitrogens is 1. The SMILES string of the molecule is CCCC[C@H]1CC[C@H](C#Cc2ccc(-c3ccc(Cl)cc3)nc2)CC1. The summed E-state index contributed by atoms with van der Waals surface area (Å²) in [7, 11) is 0. The number of nitrogens with zero attached hydrogens (tertiary/aromatic N) is 1. The second kappa shape index (κ2) is 9.07. The van der Waals surface area contributed by atoms with Crippen molar-refractivity contribution in [2.75, 3.05) is 0 Å². The molecule has 1 saturated carbocycles. The van der Waals surface area contributed by atoms with Gasteiger partial charge in [-0.15, -0.1) is 0 Å². The van der Waals surface area contributed by atoms with Gasteiger partial charge in [-0.1, -0.05) is 61.8 Å². The predicted molar refractivity (Wildman–Crippen MR) is 107 cm³/mol. The molecule has 1 heterocycles. The summed E-state index contributed by atoms with van der Waals surface area (Å²) >= 11 is 5.93. The fraction of sp³-hybridized carbons (Fsp3) is 0.435. The van der Waals surface area contributed by atoms with E-state index in [0.29, 0.717) is 5.92 Å². The molecule has 0 spiro atoms. The van der Waals surface area contributed by atoms with Crippen molar-refractivity contribution in [1.29, 1.82) is 0 Å². The summed E-state index contributed by atoms with van der Waals surface area (Å²) in [5.74, 6) is 8.31. The summed E-state index contributed by atoms with van der Waals surface area (Å²) in [5, 5.41) is 0.746. The monoisotopic (exact) mass is 351 g/mol. The van der Waals surface area contributed by atoms with E-state index >= 15 is 0 Å². The maximum atomic E-state index is 5.93. The van der Waals surface area contributed by atoms with Crippen LogP contribution in [0.2, 0.25) is 5.02 Å². The number of unbranched alkanes of at least 4 members (excludes halogenated alkanes) is 1. The molecule has 1 fully saturated rings. The Labute approximate surface area is 156 Å². The van der Waals surface area contributed by atoms with E-state index in [4.69, 9.17) is 11.6 Å². The molecule has 0 N–H and O–H groups in total. The Morgan fingerprint density at radius 2 is 1.80 bits per heavy atom. The topological polar surface area (TPSA) is 12.9 Å². The van der Waals surface area contributed by atoms with Gasteiger partial charge in [-0.2, -0.15) is 0 Å². The molecular weight excluding hydrogens is 326 g/mol. The number of hydrogen-bond acceptors (Lipinski definition) is 1. The van der Waals surface area contributed by atoms with Crippen LogP contribution in [0.3, 0.4) is 0 Å². The molecule has 1 aliphatic carbocycles. The van der Waals surface area contributed by atoms with Gasteiger partial charge in [0.15, 0.2) is 0 Å². The van der Waals surface area contributed by atoms with Gasteiger partial charge < -0.3 is 0 Å². The lowest BCUT2D eigenvalue weighted by atomic mass is 9.80. The van der Waals surface area contributed by atoms with Crippen molar-refractivity contribution in [1.82, 2.24) is 4.98 Å². The number of benzene rings is 1. The number of rotatable bonds is 4. The van der Waals surface area contributed by atoms with E-state index in [1.165, 1.54) is 44.9 Å². The van der Waals surface area contributed by atoms with Crippen molar-refractivity contribution >= 4 is 11.6 Å². The van der Waals surface area contributed by atoms with Crippen LogP contribution in [0.15, 0.2) is 42.6 Å². The third-order valence-corrected chi connectivity index (χ3v) is 5.39. The maximum absolute atomic E-state index is 5.93. The summed E-state index contributed by atoms with van der Waals surface area (Å²) < 4.78 is 0. The fourth-order valence-corrected chi connectivity index (χ4v) is 3.66. The fourth-order valence-electron chi connectivity index (χ4n) is 3.53. The van der Waals surface area contributed by atoms with E-state index < -0.39 is 0 Å². The van der Waals surface area contributed by atoms with Crippen LogP contribution < -0.4 is 0 Å². The Balaban J connectivity index is 1.56. The van der Waals surface area contributed by atoms with Crippen molar-refractivity contribution in [2.24, 2.45) is 11.8 Å². The van der Waals surface area contributed by atoms with Gasteiger partial charge in [0.2, 0.25) is 0 Å². The lowest BCUT2D eigenvalue weighted by molar-refractivity contribution is 0.296. The minimum Gasteiger partial charge on any atom is -0.255 e. The van der Waals surface area contributed by atoms with Gasteiger partial charge in [0.25, 0.3) is 0 Å². The zero-order valence-electron chi connectivity index (χ0n) is 15.0. The average molecular weight is 352 g/mol. The van der Waals surface area contributed by atoms with Crippen LogP contribution in [-0.4, -0.2) is 4.98 Å². The van der Waals surface area contributed by atoms with Crippen LogP contribution in [-0.2, 0) is 0 Å². The van der Waals surface area contributed by atoms with E-state index in [1.807, 2.05) is 36.5 Å². The van der Waals surface area contributed by atoms with E-state index in [9.17, 15) is 0 Å². The number of pyridine rings is 1. The Bertz CT molecular complexity index is 713. The van der Waals surface area contributed by atoms with E-state index in [-0.39, 0.29) is 0 Å².